The van der Waals surface area contributed by atoms with Crippen molar-refractivity contribution in [2.75, 3.05) is 7.11 Å². The van der Waals surface area contributed by atoms with E-state index >= 15 is 0 Å². The summed E-state index contributed by atoms with van der Waals surface area (Å²) in [6, 6.07) is 16.1. The average molecular weight is 494 g/mol. The van der Waals surface area contributed by atoms with Gasteiger partial charge in [-0.2, -0.15) is 5.10 Å². The van der Waals surface area contributed by atoms with Gasteiger partial charge in [-0.05, 0) is 69.7 Å². The number of carbonyl (C=O) groups is 1. The Labute approximate surface area is 214 Å². The largest absolute Gasteiger partial charge is 0.476 e. The quantitative estimate of drug-likeness (QED) is 0.245. The third kappa shape index (κ3) is 7.33. The number of carbonyl (C=O) groups excluding carboxylic acids is 1. The Balaban J connectivity index is 1.50. The normalized spacial score (nSPS) is 11.5. The SMILES string of the molecule is CCCn1c(CCCCCc2ccc(OC(C)(C)C(=O)OC)cc2)nn(Cc2ccc(C)cc2)c1=O. The number of rotatable bonds is 13. The maximum absolute atomic E-state index is 12.9. The van der Waals surface area contributed by atoms with Gasteiger partial charge in [-0.25, -0.2) is 14.3 Å². The van der Waals surface area contributed by atoms with Crippen molar-refractivity contribution in [3.8, 4) is 5.75 Å². The highest BCUT2D eigenvalue weighted by Crippen LogP contribution is 2.21. The molecule has 1 aromatic heterocycles. The first-order valence-electron chi connectivity index (χ1n) is 12.8. The van der Waals surface area contributed by atoms with Crippen molar-refractivity contribution in [1.82, 2.24) is 14.3 Å². The molecule has 0 aliphatic heterocycles. The van der Waals surface area contributed by atoms with Crippen LogP contribution in [-0.2, 0) is 35.5 Å². The number of benzene rings is 2. The molecule has 0 aliphatic carbocycles. The van der Waals surface area contributed by atoms with Crippen molar-refractivity contribution < 1.29 is 14.3 Å². The second-order valence-corrected chi connectivity index (χ2v) is 9.80. The van der Waals surface area contributed by atoms with Crippen molar-refractivity contribution in [3.05, 3.63) is 81.5 Å². The van der Waals surface area contributed by atoms with Crippen LogP contribution in [0.15, 0.2) is 53.3 Å². The van der Waals surface area contributed by atoms with Gasteiger partial charge in [0.15, 0.2) is 5.60 Å². The summed E-state index contributed by atoms with van der Waals surface area (Å²) >= 11 is 0. The molecule has 0 saturated heterocycles. The van der Waals surface area contributed by atoms with Gasteiger partial charge in [0.1, 0.15) is 11.6 Å². The third-order valence-electron chi connectivity index (χ3n) is 6.24. The van der Waals surface area contributed by atoms with Crippen LogP contribution in [0, 0.1) is 6.92 Å². The Hall–Kier alpha value is -3.35. The van der Waals surface area contributed by atoms with Crippen LogP contribution in [0.25, 0.3) is 0 Å². The van der Waals surface area contributed by atoms with Crippen LogP contribution in [0.2, 0.25) is 0 Å². The topological polar surface area (TPSA) is 75.3 Å². The molecule has 0 unspecified atom stereocenters. The van der Waals surface area contributed by atoms with E-state index in [-0.39, 0.29) is 5.69 Å². The number of aromatic nitrogens is 3. The minimum Gasteiger partial charge on any atom is -0.476 e. The van der Waals surface area contributed by atoms with Crippen LogP contribution < -0.4 is 10.4 Å². The Morgan fingerprint density at radius 1 is 0.944 bits per heavy atom. The second kappa shape index (κ2) is 12.6. The van der Waals surface area contributed by atoms with E-state index in [2.05, 4.69) is 43.2 Å². The Kier molecular flexibility index (Phi) is 9.51. The van der Waals surface area contributed by atoms with Gasteiger partial charge in [0.2, 0.25) is 0 Å². The fourth-order valence-electron chi connectivity index (χ4n) is 4.18. The summed E-state index contributed by atoms with van der Waals surface area (Å²) in [5.74, 6) is 1.11. The van der Waals surface area contributed by atoms with Gasteiger partial charge in [0.25, 0.3) is 0 Å². The van der Waals surface area contributed by atoms with Gasteiger partial charge in [-0.1, -0.05) is 55.3 Å². The van der Waals surface area contributed by atoms with Gasteiger partial charge < -0.3 is 9.47 Å². The van der Waals surface area contributed by atoms with E-state index in [0.29, 0.717) is 18.8 Å². The zero-order chi connectivity index (χ0) is 26.1. The number of ether oxygens (including phenoxy) is 2. The number of esters is 1. The Bertz CT molecular complexity index is 1170. The molecule has 3 aromatic rings. The summed E-state index contributed by atoms with van der Waals surface area (Å²) in [6.07, 6.45) is 5.75. The molecule has 7 heteroatoms. The van der Waals surface area contributed by atoms with Crippen LogP contribution in [-0.4, -0.2) is 33.0 Å². The van der Waals surface area contributed by atoms with E-state index in [4.69, 9.17) is 9.47 Å². The fourth-order valence-corrected chi connectivity index (χ4v) is 4.18. The molecular formula is C29H39N3O4. The van der Waals surface area contributed by atoms with Crippen LogP contribution >= 0.6 is 0 Å². The lowest BCUT2D eigenvalue weighted by Gasteiger charge is -2.23. The predicted molar refractivity (Wildman–Crippen MR) is 141 cm³/mol. The number of hydrogen-bond donors (Lipinski definition) is 0. The fraction of sp³-hybridized carbons (Fsp3) is 0.483. The van der Waals surface area contributed by atoms with Crippen molar-refractivity contribution in [1.29, 1.82) is 0 Å². The zero-order valence-electron chi connectivity index (χ0n) is 22.3. The second-order valence-electron chi connectivity index (χ2n) is 9.80. The predicted octanol–water partition coefficient (Wildman–Crippen LogP) is 5.10. The van der Waals surface area contributed by atoms with E-state index in [1.54, 1.807) is 18.5 Å². The van der Waals surface area contributed by atoms with E-state index < -0.39 is 11.6 Å². The van der Waals surface area contributed by atoms with Gasteiger partial charge >= 0.3 is 11.7 Å². The number of aryl methyl sites for hydroxylation is 3. The molecule has 0 fully saturated rings. The van der Waals surface area contributed by atoms with E-state index in [9.17, 15) is 9.59 Å². The molecule has 0 spiro atoms. The molecule has 0 radical (unpaired) electrons. The lowest BCUT2D eigenvalue weighted by Crippen LogP contribution is -2.39. The van der Waals surface area contributed by atoms with Crippen LogP contribution in [0.1, 0.15) is 69.0 Å². The van der Waals surface area contributed by atoms with Crippen molar-refractivity contribution >= 4 is 5.97 Å². The Morgan fingerprint density at radius 2 is 1.58 bits per heavy atom. The molecule has 3 rings (SSSR count). The van der Waals surface area contributed by atoms with Crippen LogP contribution in [0.5, 0.6) is 5.75 Å². The summed E-state index contributed by atoms with van der Waals surface area (Å²) < 4.78 is 14.0. The third-order valence-corrected chi connectivity index (χ3v) is 6.24. The molecule has 7 nitrogen and oxygen atoms in total. The first-order valence-corrected chi connectivity index (χ1v) is 12.8. The first-order chi connectivity index (χ1) is 17.2. The summed E-state index contributed by atoms with van der Waals surface area (Å²) in [7, 11) is 1.36. The molecule has 1 heterocycles. The number of unbranched alkanes of at least 4 members (excludes halogenated alkanes) is 2. The monoisotopic (exact) mass is 493 g/mol. The highest BCUT2D eigenvalue weighted by atomic mass is 16.6. The maximum atomic E-state index is 12.9. The summed E-state index contributed by atoms with van der Waals surface area (Å²) in [5.41, 5.74) is 2.46. The number of methoxy groups -OCH3 is 1. The molecule has 194 valence electrons. The molecule has 2 aromatic carbocycles. The van der Waals surface area contributed by atoms with E-state index in [1.807, 2.05) is 28.8 Å². The van der Waals surface area contributed by atoms with Crippen molar-refractivity contribution in [3.63, 3.8) is 0 Å². The van der Waals surface area contributed by atoms with Crippen LogP contribution in [0.4, 0.5) is 0 Å². The molecule has 0 atom stereocenters. The lowest BCUT2D eigenvalue weighted by atomic mass is 10.1. The Morgan fingerprint density at radius 3 is 2.22 bits per heavy atom. The van der Waals surface area contributed by atoms with E-state index in [1.165, 1.54) is 18.2 Å². The smallest absolute Gasteiger partial charge is 0.349 e. The van der Waals surface area contributed by atoms with Crippen molar-refractivity contribution in [2.45, 2.75) is 84.9 Å². The highest BCUT2D eigenvalue weighted by Gasteiger charge is 2.30. The lowest BCUT2D eigenvalue weighted by molar-refractivity contribution is -0.156. The first kappa shape index (κ1) is 27.2. The minimum atomic E-state index is -1.03. The van der Waals surface area contributed by atoms with Gasteiger partial charge in [-0.15, -0.1) is 0 Å². The molecule has 0 aliphatic rings. The van der Waals surface area contributed by atoms with E-state index in [0.717, 1.165) is 49.9 Å². The van der Waals surface area contributed by atoms with Gasteiger partial charge in [0.05, 0.1) is 13.7 Å². The molecule has 0 bridgehead atoms. The molecular weight excluding hydrogens is 454 g/mol. The summed E-state index contributed by atoms with van der Waals surface area (Å²) in [6.45, 7) is 8.72. The standard InChI is InChI=1S/C29H39N3O4/c1-6-20-31-26(30-32(28(31)34)21-24-14-12-22(2)13-15-24)11-9-7-8-10-23-16-18-25(19-17-23)36-29(3,4)27(33)35-5/h12-19H,6-11,20-21H2,1-5H3. The zero-order valence-corrected chi connectivity index (χ0v) is 22.3. The minimum absolute atomic E-state index is 0.0230. The molecule has 0 amide bonds. The van der Waals surface area contributed by atoms with Gasteiger partial charge in [-0.3, -0.25) is 4.57 Å². The number of hydrogen-bond acceptors (Lipinski definition) is 5. The summed E-state index contributed by atoms with van der Waals surface area (Å²) in [4.78, 5) is 24.7. The number of nitrogens with zero attached hydrogens (tertiary/aromatic N) is 3. The van der Waals surface area contributed by atoms with Crippen LogP contribution in [0.3, 0.4) is 0 Å². The average Bonchev–Trinajstić information content (AvgIpc) is 3.15. The maximum Gasteiger partial charge on any atom is 0.349 e. The molecule has 36 heavy (non-hydrogen) atoms. The highest BCUT2D eigenvalue weighted by molar-refractivity contribution is 5.78. The summed E-state index contributed by atoms with van der Waals surface area (Å²) in [5, 5.41) is 4.68. The molecule has 0 saturated carbocycles. The molecule has 0 N–H and O–H groups in total. The van der Waals surface area contributed by atoms with Gasteiger partial charge in [0, 0.05) is 13.0 Å². The van der Waals surface area contributed by atoms with Crippen molar-refractivity contribution in [2.24, 2.45) is 0 Å².